The fourth-order valence-electron chi connectivity index (χ4n) is 2.17. The van der Waals surface area contributed by atoms with Crippen molar-refractivity contribution in [1.29, 1.82) is 0 Å². The van der Waals surface area contributed by atoms with Crippen LogP contribution < -0.4 is 5.32 Å². The summed E-state index contributed by atoms with van der Waals surface area (Å²) >= 11 is 6.08. The summed E-state index contributed by atoms with van der Waals surface area (Å²) in [5.74, 6) is 0. The van der Waals surface area contributed by atoms with Gasteiger partial charge in [-0.3, -0.25) is 0 Å². The van der Waals surface area contributed by atoms with Gasteiger partial charge in [0, 0.05) is 5.02 Å². The molecule has 0 amide bonds. The van der Waals surface area contributed by atoms with Crippen molar-refractivity contribution in [2.45, 2.75) is 19.9 Å². The van der Waals surface area contributed by atoms with Crippen molar-refractivity contribution in [1.82, 2.24) is 5.32 Å². The number of rotatable bonds is 4. The number of nitrogens with one attached hydrogen (secondary N) is 1. The van der Waals surface area contributed by atoms with E-state index in [0.29, 0.717) is 0 Å². The molecule has 0 aliphatic carbocycles. The van der Waals surface area contributed by atoms with Crippen molar-refractivity contribution >= 4 is 11.6 Å². The van der Waals surface area contributed by atoms with Crippen LogP contribution in [-0.4, -0.2) is 6.54 Å². The van der Waals surface area contributed by atoms with E-state index in [1.807, 2.05) is 18.2 Å². The summed E-state index contributed by atoms with van der Waals surface area (Å²) in [6.07, 6.45) is 0. The molecule has 2 rings (SSSR count). The molecule has 0 saturated carbocycles. The van der Waals surface area contributed by atoms with E-state index in [2.05, 4.69) is 49.5 Å². The van der Waals surface area contributed by atoms with Gasteiger partial charge < -0.3 is 5.32 Å². The second kappa shape index (κ2) is 6.03. The number of hydrogen-bond donors (Lipinski definition) is 1. The molecule has 0 radical (unpaired) electrons. The number of hydrogen-bond acceptors (Lipinski definition) is 1. The zero-order chi connectivity index (χ0) is 13.0. The maximum Gasteiger partial charge on any atom is 0.0577 e. The third-order valence-electron chi connectivity index (χ3n) is 2.97. The predicted octanol–water partition coefficient (Wildman–Crippen LogP) is 4.35. The Hall–Kier alpha value is -1.31. The molecule has 1 unspecified atom stereocenters. The Morgan fingerprint density at radius 1 is 1.06 bits per heavy atom. The minimum atomic E-state index is 0.202. The molecule has 2 aromatic rings. The molecule has 0 aliphatic heterocycles. The summed E-state index contributed by atoms with van der Waals surface area (Å²) in [6, 6.07) is 16.8. The molecule has 0 spiro atoms. The standard InChI is InChI=1S/C16H18ClN/c1-3-18-16(13-7-4-6-12(2)10-13)14-8-5-9-15(17)11-14/h4-11,16,18H,3H2,1-2H3. The summed E-state index contributed by atoms with van der Waals surface area (Å²) in [4.78, 5) is 0. The van der Waals surface area contributed by atoms with Crippen molar-refractivity contribution in [3.63, 3.8) is 0 Å². The van der Waals surface area contributed by atoms with Crippen molar-refractivity contribution in [3.8, 4) is 0 Å². The van der Waals surface area contributed by atoms with Crippen LogP contribution in [-0.2, 0) is 0 Å². The fraction of sp³-hybridized carbons (Fsp3) is 0.250. The molecule has 0 bridgehead atoms. The molecule has 0 saturated heterocycles. The van der Waals surface area contributed by atoms with Gasteiger partial charge >= 0.3 is 0 Å². The Morgan fingerprint density at radius 2 is 1.72 bits per heavy atom. The number of aryl methyl sites for hydroxylation is 1. The highest BCUT2D eigenvalue weighted by atomic mass is 35.5. The average molecular weight is 260 g/mol. The summed E-state index contributed by atoms with van der Waals surface area (Å²) in [5.41, 5.74) is 3.76. The molecule has 1 nitrogen and oxygen atoms in total. The van der Waals surface area contributed by atoms with Crippen LogP contribution in [0.2, 0.25) is 5.02 Å². The Balaban J connectivity index is 2.39. The normalized spacial score (nSPS) is 12.4. The number of benzene rings is 2. The van der Waals surface area contributed by atoms with Crippen LogP contribution in [0.15, 0.2) is 48.5 Å². The largest absolute Gasteiger partial charge is 0.307 e. The molecule has 0 aliphatic rings. The smallest absolute Gasteiger partial charge is 0.0577 e. The second-order valence-electron chi connectivity index (χ2n) is 4.46. The Morgan fingerprint density at radius 3 is 2.33 bits per heavy atom. The van der Waals surface area contributed by atoms with Crippen molar-refractivity contribution in [3.05, 3.63) is 70.2 Å². The molecule has 1 N–H and O–H groups in total. The first kappa shape index (κ1) is 13.1. The first-order valence-corrected chi connectivity index (χ1v) is 6.64. The van der Waals surface area contributed by atoms with E-state index in [0.717, 1.165) is 11.6 Å². The quantitative estimate of drug-likeness (QED) is 0.861. The lowest BCUT2D eigenvalue weighted by Crippen LogP contribution is -2.22. The SMILES string of the molecule is CCNC(c1cccc(C)c1)c1cccc(Cl)c1. The van der Waals surface area contributed by atoms with Crippen molar-refractivity contribution < 1.29 is 0 Å². The van der Waals surface area contributed by atoms with E-state index < -0.39 is 0 Å². The van der Waals surface area contributed by atoms with Gasteiger partial charge in [0.1, 0.15) is 0 Å². The highest BCUT2D eigenvalue weighted by Gasteiger charge is 2.12. The van der Waals surface area contributed by atoms with Crippen LogP contribution in [0.1, 0.15) is 29.7 Å². The highest BCUT2D eigenvalue weighted by Crippen LogP contribution is 2.24. The van der Waals surface area contributed by atoms with Gasteiger partial charge in [-0.15, -0.1) is 0 Å². The molecule has 1 atom stereocenters. The zero-order valence-electron chi connectivity index (χ0n) is 10.8. The van der Waals surface area contributed by atoms with Gasteiger partial charge in [0.05, 0.1) is 6.04 Å². The first-order valence-electron chi connectivity index (χ1n) is 6.26. The summed E-state index contributed by atoms with van der Waals surface area (Å²) in [6.45, 7) is 5.16. The molecule has 0 fully saturated rings. The molecule has 2 aromatic carbocycles. The molecule has 18 heavy (non-hydrogen) atoms. The van der Waals surface area contributed by atoms with E-state index in [-0.39, 0.29) is 6.04 Å². The fourth-order valence-corrected chi connectivity index (χ4v) is 2.37. The lowest BCUT2D eigenvalue weighted by atomic mass is 9.97. The van der Waals surface area contributed by atoms with Gasteiger partial charge in [0.25, 0.3) is 0 Å². The van der Waals surface area contributed by atoms with E-state index >= 15 is 0 Å². The summed E-state index contributed by atoms with van der Waals surface area (Å²) in [7, 11) is 0. The van der Waals surface area contributed by atoms with Crippen molar-refractivity contribution in [2.75, 3.05) is 6.54 Å². The van der Waals surface area contributed by atoms with Crippen LogP contribution in [0.25, 0.3) is 0 Å². The minimum Gasteiger partial charge on any atom is -0.307 e. The van der Waals surface area contributed by atoms with Crippen LogP contribution in [0.3, 0.4) is 0 Å². The summed E-state index contributed by atoms with van der Waals surface area (Å²) < 4.78 is 0. The molecule has 0 heterocycles. The van der Waals surface area contributed by atoms with E-state index in [9.17, 15) is 0 Å². The topological polar surface area (TPSA) is 12.0 Å². The average Bonchev–Trinajstić information content (AvgIpc) is 2.36. The summed E-state index contributed by atoms with van der Waals surface area (Å²) in [5, 5.41) is 4.29. The molecule has 0 aromatic heterocycles. The van der Waals surface area contributed by atoms with Crippen molar-refractivity contribution in [2.24, 2.45) is 0 Å². The van der Waals surface area contributed by atoms with Crippen LogP contribution in [0.5, 0.6) is 0 Å². The Bertz CT molecular complexity index is 477. The molecule has 94 valence electrons. The zero-order valence-corrected chi connectivity index (χ0v) is 11.5. The van der Waals surface area contributed by atoms with Gasteiger partial charge in [0.2, 0.25) is 0 Å². The lowest BCUT2D eigenvalue weighted by Gasteiger charge is -2.19. The van der Waals surface area contributed by atoms with E-state index in [1.54, 1.807) is 0 Å². The van der Waals surface area contributed by atoms with E-state index in [1.165, 1.54) is 16.7 Å². The van der Waals surface area contributed by atoms with Gasteiger partial charge in [-0.25, -0.2) is 0 Å². The maximum absolute atomic E-state index is 6.08. The molecule has 2 heteroatoms. The lowest BCUT2D eigenvalue weighted by molar-refractivity contribution is 0.630. The molecular weight excluding hydrogens is 242 g/mol. The Kier molecular flexibility index (Phi) is 4.40. The second-order valence-corrected chi connectivity index (χ2v) is 4.90. The van der Waals surface area contributed by atoms with Gasteiger partial charge in [-0.05, 0) is 36.7 Å². The number of halogens is 1. The minimum absolute atomic E-state index is 0.202. The Labute approximate surface area is 114 Å². The van der Waals surface area contributed by atoms with E-state index in [4.69, 9.17) is 11.6 Å². The first-order chi connectivity index (χ1) is 8.70. The third kappa shape index (κ3) is 3.12. The highest BCUT2D eigenvalue weighted by molar-refractivity contribution is 6.30. The van der Waals surface area contributed by atoms with Crippen LogP contribution in [0.4, 0.5) is 0 Å². The van der Waals surface area contributed by atoms with Crippen LogP contribution >= 0.6 is 11.6 Å². The predicted molar refractivity (Wildman–Crippen MR) is 78.2 cm³/mol. The van der Waals surface area contributed by atoms with Gasteiger partial charge in [0.15, 0.2) is 0 Å². The van der Waals surface area contributed by atoms with Crippen LogP contribution in [0, 0.1) is 6.92 Å². The van der Waals surface area contributed by atoms with Gasteiger partial charge in [-0.2, -0.15) is 0 Å². The maximum atomic E-state index is 6.08. The third-order valence-corrected chi connectivity index (χ3v) is 3.20. The molecular formula is C16H18ClN. The van der Waals surface area contributed by atoms with Gasteiger partial charge in [-0.1, -0.05) is 60.5 Å². The monoisotopic (exact) mass is 259 g/mol.